The van der Waals surface area contributed by atoms with Gasteiger partial charge in [-0.2, -0.15) is 0 Å². The highest BCUT2D eigenvalue weighted by molar-refractivity contribution is 5.87. The third kappa shape index (κ3) is 2.13. The van der Waals surface area contributed by atoms with Gasteiger partial charge in [0.2, 0.25) is 5.91 Å². The van der Waals surface area contributed by atoms with Crippen LogP contribution in [-0.2, 0) is 11.2 Å². The molecule has 1 saturated heterocycles. The van der Waals surface area contributed by atoms with Crippen molar-refractivity contribution in [1.82, 2.24) is 4.90 Å². The average Bonchev–Trinajstić information content (AvgIpc) is 2.91. The number of hydrogen-bond donors (Lipinski definition) is 1. The molecular weight excluding hydrogens is 272 g/mol. The molecule has 2 aromatic carbocycles. The monoisotopic (exact) mass is 292 g/mol. The van der Waals surface area contributed by atoms with E-state index in [0.717, 1.165) is 13.0 Å². The minimum absolute atomic E-state index is 0.0293. The fraction of sp³-hybridized carbons (Fsp3) is 0.316. The SMILES string of the molecule is N[C@@H]1CN(C(=O)C2Cc3ccccc32)C[C@H]1c1ccccc1. The summed E-state index contributed by atoms with van der Waals surface area (Å²) in [6.45, 7) is 1.40. The topological polar surface area (TPSA) is 46.3 Å². The minimum atomic E-state index is 0.0293. The van der Waals surface area contributed by atoms with Crippen LogP contribution in [0, 0.1) is 0 Å². The van der Waals surface area contributed by atoms with Crippen LogP contribution in [0.3, 0.4) is 0 Å². The number of carbonyl (C=O) groups is 1. The Balaban J connectivity index is 1.50. The number of fused-ring (bicyclic) bond motifs is 1. The maximum Gasteiger partial charge on any atom is 0.230 e. The van der Waals surface area contributed by atoms with E-state index >= 15 is 0 Å². The summed E-state index contributed by atoms with van der Waals surface area (Å²) >= 11 is 0. The lowest BCUT2D eigenvalue weighted by molar-refractivity contribution is -0.132. The van der Waals surface area contributed by atoms with E-state index in [9.17, 15) is 4.79 Å². The van der Waals surface area contributed by atoms with Crippen LogP contribution in [0.2, 0.25) is 0 Å². The summed E-state index contributed by atoms with van der Waals surface area (Å²) in [7, 11) is 0. The summed E-state index contributed by atoms with van der Waals surface area (Å²) in [5, 5.41) is 0. The van der Waals surface area contributed by atoms with E-state index in [1.54, 1.807) is 0 Å². The van der Waals surface area contributed by atoms with Gasteiger partial charge in [0.05, 0.1) is 5.92 Å². The first-order valence-corrected chi connectivity index (χ1v) is 7.91. The van der Waals surface area contributed by atoms with Gasteiger partial charge in [-0.05, 0) is 23.1 Å². The van der Waals surface area contributed by atoms with E-state index in [1.165, 1.54) is 16.7 Å². The molecule has 2 aliphatic rings. The molecule has 0 spiro atoms. The summed E-state index contributed by atoms with van der Waals surface area (Å²) in [6.07, 6.45) is 0.872. The van der Waals surface area contributed by atoms with Crippen LogP contribution in [0.4, 0.5) is 0 Å². The van der Waals surface area contributed by atoms with E-state index in [4.69, 9.17) is 5.73 Å². The maximum absolute atomic E-state index is 12.8. The quantitative estimate of drug-likeness (QED) is 0.923. The van der Waals surface area contributed by atoms with Gasteiger partial charge in [-0.3, -0.25) is 4.79 Å². The fourth-order valence-electron chi connectivity index (χ4n) is 3.76. The van der Waals surface area contributed by atoms with E-state index in [1.807, 2.05) is 35.2 Å². The van der Waals surface area contributed by atoms with Gasteiger partial charge in [-0.15, -0.1) is 0 Å². The van der Waals surface area contributed by atoms with Gasteiger partial charge in [0.15, 0.2) is 0 Å². The molecule has 0 saturated carbocycles. The zero-order valence-corrected chi connectivity index (χ0v) is 12.5. The van der Waals surface area contributed by atoms with Gasteiger partial charge in [-0.1, -0.05) is 54.6 Å². The fourth-order valence-corrected chi connectivity index (χ4v) is 3.76. The van der Waals surface area contributed by atoms with Crippen molar-refractivity contribution in [2.45, 2.75) is 24.3 Å². The summed E-state index contributed by atoms with van der Waals surface area (Å²) in [4.78, 5) is 14.7. The molecule has 1 aliphatic heterocycles. The first-order chi connectivity index (χ1) is 10.7. The zero-order valence-electron chi connectivity index (χ0n) is 12.5. The van der Waals surface area contributed by atoms with E-state index < -0.39 is 0 Å². The normalized spacial score (nSPS) is 26.4. The molecule has 3 nitrogen and oxygen atoms in total. The highest BCUT2D eigenvalue weighted by Crippen LogP contribution is 2.38. The number of carbonyl (C=O) groups excluding carboxylic acids is 1. The lowest BCUT2D eigenvalue weighted by Crippen LogP contribution is -2.39. The highest BCUT2D eigenvalue weighted by Gasteiger charge is 2.40. The first-order valence-electron chi connectivity index (χ1n) is 7.91. The lowest BCUT2D eigenvalue weighted by Gasteiger charge is -2.32. The van der Waals surface area contributed by atoms with Gasteiger partial charge in [-0.25, -0.2) is 0 Å². The number of hydrogen-bond acceptors (Lipinski definition) is 2. The van der Waals surface area contributed by atoms with Crippen LogP contribution >= 0.6 is 0 Å². The molecule has 1 aliphatic carbocycles. The molecule has 0 radical (unpaired) electrons. The van der Waals surface area contributed by atoms with E-state index in [0.29, 0.717) is 6.54 Å². The van der Waals surface area contributed by atoms with E-state index in [2.05, 4.69) is 24.3 Å². The summed E-state index contributed by atoms with van der Waals surface area (Å²) in [5.41, 5.74) is 10.0. The molecule has 1 heterocycles. The smallest absolute Gasteiger partial charge is 0.230 e. The van der Waals surface area contributed by atoms with Crippen molar-refractivity contribution in [3.05, 3.63) is 71.3 Å². The Kier molecular flexibility index (Phi) is 3.23. The van der Waals surface area contributed by atoms with Crippen molar-refractivity contribution in [3.63, 3.8) is 0 Å². The number of likely N-dealkylation sites (tertiary alicyclic amines) is 1. The van der Waals surface area contributed by atoms with Crippen LogP contribution in [0.1, 0.15) is 28.5 Å². The predicted octanol–water partition coefficient (Wildman–Crippen LogP) is 2.28. The largest absolute Gasteiger partial charge is 0.340 e. The molecule has 3 heteroatoms. The third-order valence-corrected chi connectivity index (χ3v) is 5.06. The molecule has 4 rings (SSSR count). The summed E-state index contributed by atoms with van der Waals surface area (Å²) in [6, 6.07) is 18.6. The zero-order chi connectivity index (χ0) is 15.1. The second kappa shape index (κ2) is 5.25. The molecule has 1 amide bonds. The Labute approximate surface area is 130 Å². The number of amides is 1. The summed E-state index contributed by atoms with van der Waals surface area (Å²) < 4.78 is 0. The predicted molar refractivity (Wildman–Crippen MR) is 86.6 cm³/mol. The molecule has 0 bridgehead atoms. The Morgan fingerprint density at radius 3 is 2.50 bits per heavy atom. The van der Waals surface area contributed by atoms with Gasteiger partial charge in [0.25, 0.3) is 0 Å². The van der Waals surface area contributed by atoms with Crippen molar-refractivity contribution in [1.29, 1.82) is 0 Å². The third-order valence-electron chi connectivity index (χ3n) is 5.06. The van der Waals surface area contributed by atoms with Gasteiger partial charge in [0.1, 0.15) is 0 Å². The number of nitrogens with zero attached hydrogens (tertiary/aromatic N) is 1. The van der Waals surface area contributed by atoms with Crippen LogP contribution in [-0.4, -0.2) is 29.9 Å². The minimum Gasteiger partial charge on any atom is -0.340 e. The summed E-state index contributed by atoms with van der Waals surface area (Å²) in [5.74, 6) is 0.533. The van der Waals surface area contributed by atoms with Gasteiger partial charge < -0.3 is 10.6 Å². The van der Waals surface area contributed by atoms with Gasteiger partial charge in [0, 0.05) is 25.0 Å². The Bertz CT molecular complexity index is 698. The Morgan fingerprint density at radius 1 is 1.00 bits per heavy atom. The Hall–Kier alpha value is -2.13. The van der Waals surface area contributed by atoms with Crippen molar-refractivity contribution >= 4 is 5.91 Å². The van der Waals surface area contributed by atoms with Crippen LogP contribution in [0.25, 0.3) is 0 Å². The molecule has 3 atom stereocenters. The van der Waals surface area contributed by atoms with Crippen molar-refractivity contribution in [2.75, 3.05) is 13.1 Å². The van der Waals surface area contributed by atoms with Crippen molar-refractivity contribution < 1.29 is 4.79 Å². The van der Waals surface area contributed by atoms with Crippen LogP contribution in [0.15, 0.2) is 54.6 Å². The number of benzene rings is 2. The molecule has 2 aromatic rings. The molecule has 22 heavy (non-hydrogen) atoms. The maximum atomic E-state index is 12.8. The molecule has 1 unspecified atom stereocenters. The second-order valence-electron chi connectivity index (χ2n) is 6.38. The highest BCUT2D eigenvalue weighted by atomic mass is 16.2. The molecule has 112 valence electrons. The number of rotatable bonds is 2. The molecular formula is C19H20N2O. The molecule has 2 N–H and O–H groups in total. The number of nitrogens with two attached hydrogens (primary N) is 1. The van der Waals surface area contributed by atoms with Crippen molar-refractivity contribution in [3.8, 4) is 0 Å². The average molecular weight is 292 g/mol. The van der Waals surface area contributed by atoms with Crippen molar-refractivity contribution in [2.24, 2.45) is 5.73 Å². The second-order valence-corrected chi connectivity index (χ2v) is 6.38. The van der Waals surface area contributed by atoms with Crippen LogP contribution < -0.4 is 5.73 Å². The molecule has 1 fully saturated rings. The Morgan fingerprint density at radius 2 is 1.73 bits per heavy atom. The standard InChI is InChI=1S/C19H20N2O/c20-18-12-21(11-17(18)13-6-2-1-3-7-13)19(22)16-10-14-8-4-5-9-15(14)16/h1-9,16-18H,10-12,20H2/t16?,17-,18+/m0/s1. The van der Waals surface area contributed by atoms with E-state index in [-0.39, 0.29) is 23.8 Å². The van der Waals surface area contributed by atoms with Crippen LogP contribution in [0.5, 0.6) is 0 Å². The first kappa shape index (κ1) is 13.5. The molecule has 0 aromatic heterocycles. The lowest BCUT2D eigenvalue weighted by atomic mass is 9.77. The van der Waals surface area contributed by atoms with Gasteiger partial charge >= 0.3 is 0 Å².